The second-order valence-corrected chi connectivity index (χ2v) is 13.0. The molecule has 0 unspecified atom stereocenters. The van der Waals surface area contributed by atoms with Crippen molar-refractivity contribution in [1.29, 1.82) is 0 Å². The first-order valence-corrected chi connectivity index (χ1v) is 17.1. The number of para-hydroxylation sites is 2. The van der Waals surface area contributed by atoms with Crippen LogP contribution in [0, 0.1) is 0 Å². The van der Waals surface area contributed by atoms with Gasteiger partial charge in [0.05, 0.1) is 53.6 Å². The number of aromatic nitrogens is 2. The Kier molecular flexibility index (Phi) is 10.8. The lowest BCUT2D eigenvalue weighted by Crippen LogP contribution is -2.25. The lowest BCUT2D eigenvalue weighted by atomic mass is 10.0. The molecule has 0 aliphatic carbocycles. The molecule has 0 spiro atoms. The summed E-state index contributed by atoms with van der Waals surface area (Å²) in [5.74, 6) is -0.320. The molecule has 2 N–H and O–H groups in total. The van der Waals surface area contributed by atoms with E-state index in [1.54, 1.807) is 36.4 Å². The van der Waals surface area contributed by atoms with E-state index in [9.17, 15) is 9.59 Å². The van der Waals surface area contributed by atoms with E-state index in [0.29, 0.717) is 55.7 Å². The number of hydrogen-bond acceptors (Lipinski definition) is 4. The SMILES string of the molecule is O=C(NCCCCCCNC(=O)c1cc(-c2ccc(Cl)c(Cl)c2)nc2ccccc12)c1cc(-c2ccc(Cl)c(Cl)c2)nc2ccccc12. The van der Waals surface area contributed by atoms with Gasteiger partial charge in [-0.25, -0.2) is 9.97 Å². The Morgan fingerprint density at radius 2 is 0.917 bits per heavy atom. The molecule has 2 amide bonds. The van der Waals surface area contributed by atoms with Crippen molar-refractivity contribution in [3.63, 3.8) is 0 Å². The summed E-state index contributed by atoms with van der Waals surface area (Å²) < 4.78 is 0. The van der Waals surface area contributed by atoms with Gasteiger partial charge in [0, 0.05) is 35.0 Å². The summed E-state index contributed by atoms with van der Waals surface area (Å²) in [6, 6.07) is 29.3. The summed E-state index contributed by atoms with van der Waals surface area (Å²) in [6.45, 7) is 1.06. The quantitative estimate of drug-likeness (QED) is 0.131. The fourth-order valence-electron chi connectivity index (χ4n) is 5.53. The topological polar surface area (TPSA) is 84.0 Å². The molecular weight excluding hydrogens is 686 g/mol. The fraction of sp³-hybridized carbons (Fsp3) is 0.158. The molecule has 4 aromatic carbocycles. The highest BCUT2D eigenvalue weighted by Crippen LogP contribution is 2.31. The highest BCUT2D eigenvalue weighted by atomic mass is 35.5. The number of fused-ring (bicyclic) bond motifs is 2. The molecule has 0 radical (unpaired) electrons. The minimum Gasteiger partial charge on any atom is -0.352 e. The molecule has 10 heteroatoms. The van der Waals surface area contributed by atoms with E-state index < -0.39 is 0 Å². The van der Waals surface area contributed by atoms with Crippen LogP contribution >= 0.6 is 46.4 Å². The Bertz CT molecular complexity index is 2000. The number of nitrogens with zero attached hydrogens (tertiary/aromatic N) is 2. The fourth-order valence-corrected chi connectivity index (χ4v) is 6.13. The first kappa shape index (κ1) is 33.7. The van der Waals surface area contributed by atoms with Crippen LogP contribution in [0.1, 0.15) is 46.4 Å². The van der Waals surface area contributed by atoms with Crippen molar-refractivity contribution < 1.29 is 9.59 Å². The lowest BCUT2D eigenvalue weighted by Gasteiger charge is -2.12. The summed E-state index contributed by atoms with van der Waals surface area (Å²) in [5.41, 5.74) is 5.39. The van der Waals surface area contributed by atoms with Crippen molar-refractivity contribution >= 4 is 80.0 Å². The number of rotatable bonds is 11. The molecule has 6 aromatic rings. The molecule has 0 bridgehead atoms. The maximum atomic E-state index is 13.3. The van der Waals surface area contributed by atoms with E-state index >= 15 is 0 Å². The molecular formula is C38H30Cl4N4O2. The molecule has 6 nitrogen and oxygen atoms in total. The number of pyridine rings is 2. The zero-order valence-electron chi connectivity index (χ0n) is 25.7. The van der Waals surface area contributed by atoms with Crippen LogP contribution in [-0.2, 0) is 0 Å². The van der Waals surface area contributed by atoms with Gasteiger partial charge in [-0.1, -0.05) is 108 Å². The van der Waals surface area contributed by atoms with Gasteiger partial charge < -0.3 is 10.6 Å². The molecule has 2 aromatic heterocycles. The number of halogens is 4. The third-order valence-electron chi connectivity index (χ3n) is 8.03. The van der Waals surface area contributed by atoms with Crippen LogP contribution in [0.5, 0.6) is 0 Å². The lowest BCUT2D eigenvalue weighted by molar-refractivity contribution is 0.0945. The second-order valence-electron chi connectivity index (χ2n) is 11.3. The van der Waals surface area contributed by atoms with Crippen molar-refractivity contribution in [3.05, 3.63) is 128 Å². The molecule has 0 saturated carbocycles. The van der Waals surface area contributed by atoms with Crippen molar-refractivity contribution in [1.82, 2.24) is 20.6 Å². The van der Waals surface area contributed by atoms with Crippen LogP contribution in [0.2, 0.25) is 20.1 Å². The predicted octanol–water partition coefficient (Wildman–Crippen LogP) is 10.5. The van der Waals surface area contributed by atoms with Gasteiger partial charge in [-0.15, -0.1) is 0 Å². The Hall–Kier alpha value is -4.20. The van der Waals surface area contributed by atoms with Gasteiger partial charge in [-0.3, -0.25) is 9.59 Å². The van der Waals surface area contributed by atoms with Crippen LogP contribution < -0.4 is 10.6 Å². The van der Waals surface area contributed by atoms with Crippen LogP contribution in [0.3, 0.4) is 0 Å². The van der Waals surface area contributed by atoms with Crippen molar-refractivity contribution in [2.24, 2.45) is 0 Å². The minimum atomic E-state index is -0.160. The zero-order valence-corrected chi connectivity index (χ0v) is 28.7. The van der Waals surface area contributed by atoms with E-state index in [4.69, 9.17) is 56.4 Å². The molecule has 0 aliphatic rings. The van der Waals surface area contributed by atoms with E-state index in [1.807, 2.05) is 60.7 Å². The number of unbranched alkanes of at least 4 members (excludes halogenated alkanes) is 3. The molecule has 0 atom stereocenters. The Morgan fingerprint density at radius 1 is 0.500 bits per heavy atom. The highest BCUT2D eigenvalue weighted by Gasteiger charge is 2.16. The molecule has 0 saturated heterocycles. The van der Waals surface area contributed by atoms with Gasteiger partial charge in [0.1, 0.15) is 0 Å². The standard InChI is InChI=1S/C38H30Cl4N4O2/c39-29-15-13-23(19-31(29)41)35-21-27(25-9-3-5-11-33(25)45-35)37(47)43-17-7-1-2-8-18-44-38(48)28-22-36(24-14-16-30(40)32(42)20-24)46-34-12-6-4-10-26(28)34/h3-6,9-16,19-22H,1-2,7-8,17-18H2,(H,43,47)(H,44,48). The number of carbonyl (C=O) groups excluding carboxylic acids is 2. The largest absolute Gasteiger partial charge is 0.352 e. The van der Waals surface area contributed by atoms with E-state index in [0.717, 1.165) is 58.6 Å². The first-order valence-electron chi connectivity index (χ1n) is 15.6. The van der Waals surface area contributed by atoms with Crippen molar-refractivity contribution in [3.8, 4) is 22.5 Å². The van der Waals surface area contributed by atoms with Crippen LogP contribution in [-0.4, -0.2) is 34.9 Å². The number of nitrogens with one attached hydrogen (secondary N) is 2. The zero-order chi connectivity index (χ0) is 33.6. The summed E-state index contributed by atoms with van der Waals surface area (Å²) in [7, 11) is 0. The molecule has 242 valence electrons. The van der Waals surface area contributed by atoms with Gasteiger partial charge in [0.2, 0.25) is 0 Å². The van der Waals surface area contributed by atoms with Crippen LogP contribution in [0.25, 0.3) is 44.3 Å². The van der Waals surface area contributed by atoms with Gasteiger partial charge in [-0.2, -0.15) is 0 Å². The van der Waals surface area contributed by atoms with Gasteiger partial charge in [-0.05, 0) is 61.4 Å². The maximum absolute atomic E-state index is 13.3. The molecule has 48 heavy (non-hydrogen) atoms. The normalized spacial score (nSPS) is 11.2. The van der Waals surface area contributed by atoms with E-state index in [2.05, 4.69) is 10.6 Å². The summed E-state index contributed by atoms with van der Waals surface area (Å²) in [5, 5.41) is 9.44. The Labute approximate surface area is 298 Å². The molecule has 6 rings (SSSR count). The third-order valence-corrected chi connectivity index (χ3v) is 9.51. The van der Waals surface area contributed by atoms with Crippen molar-refractivity contribution in [2.75, 3.05) is 13.1 Å². The number of amides is 2. The average molecular weight is 716 g/mol. The first-order chi connectivity index (χ1) is 23.3. The summed E-state index contributed by atoms with van der Waals surface area (Å²) >= 11 is 24.7. The average Bonchev–Trinajstić information content (AvgIpc) is 3.10. The minimum absolute atomic E-state index is 0.160. The second kappa shape index (κ2) is 15.3. The molecule has 0 aliphatic heterocycles. The van der Waals surface area contributed by atoms with Crippen LogP contribution in [0.15, 0.2) is 97.1 Å². The summed E-state index contributed by atoms with van der Waals surface area (Å²) in [6.07, 6.45) is 3.43. The van der Waals surface area contributed by atoms with Gasteiger partial charge in [0.25, 0.3) is 11.8 Å². The monoisotopic (exact) mass is 714 g/mol. The Morgan fingerprint density at radius 3 is 1.33 bits per heavy atom. The van der Waals surface area contributed by atoms with Gasteiger partial charge >= 0.3 is 0 Å². The highest BCUT2D eigenvalue weighted by molar-refractivity contribution is 6.42. The summed E-state index contributed by atoms with van der Waals surface area (Å²) in [4.78, 5) is 36.1. The van der Waals surface area contributed by atoms with E-state index in [-0.39, 0.29) is 11.8 Å². The number of hydrogen-bond donors (Lipinski definition) is 2. The third kappa shape index (κ3) is 7.74. The van der Waals surface area contributed by atoms with Crippen molar-refractivity contribution in [2.45, 2.75) is 25.7 Å². The number of carbonyl (C=O) groups is 2. The van der Waals surface area contributed by atoms with Crippen LogP contribution in [0.4, 0.5) is 0 Å². The Balaban J connectivity index is 1.01. The van der Waals surface area contributed by atoms with Gasteiger partial charge in [0.15, 0.2) is 0 Å². The van der Waals surface area contributed by atoms with E-state index in [1.165, 1.54) is 0 Å². The number of benzene rings is 4. The molecule has 0 fully saturated rings. The molecule has 2 heterocycles. The smallest absolute Gasteiger partial charge is 0.252 e. The maximum Gasteiger partial charge on any atom is 0.252 e. The predicted molar refractivity (Wildman–Crippen MR) is 198 cm³/mol.